The summed E-state index contributed by atoms with van der Waals surface area (Å²) < 4.78 is 10.7. The van der Waals surface area contributed by atoms with Crippen molar-refractivity contribution in [3.8, 4) is 22.5 Å². The first kappa shape index (κ1) is 41.7. The topological polar surface area (TPSA) is 191 Å². The first-order valence-electron chi connectivity index (χ1n) is 21.2. The van der Waals surface area contributed by atoms with Gasteiger partial charge in [0.15, 0.2) is 0 Å². The fourth-order valence-corrected chi connectivity index (χ4v) is 7.65. The standard InChI is InChI=1S/C25H23N5O3.C24H23N5O2/c31-23(30-9-11-33-12-10-30)13-18-3-1-17(2-4-18)5-6-20-14-19(7-8-26-20)22-15-21-24(29-22)27-16-28-25(21)32;30-24-21-14-22(28-23(21)26-16-27-24)19-6-7-25-20(13-19)5-4-17-2-1-3-18(12-17)15-29-8-10-31-11-9-29/h1-8,14-16H,9-13H2,(H2,27,28,29,32);1-7,12-14,16H,8-11,15H2,(H2,26,27,28,30)/b6-5+;5-4+. The van der Waals surface area contributed by atoms with Crippen molar-refractivity contribution < 1.29 is 14.3 Å². The maximum atomic E-state index is 12.4. The molecule has 2 aromatic carbocycles. The molecule has 6 aromatic heterocycles. The lowest BCUT2D eigenvalue weighted by atomic mass is 10.1. The van der Waals surface area contributed by atoms with Gasteiger partial charge in [-0.1, -0.05) is 60.7 Å². The number of aromatic amines is 4. The molecular formula is C49H46N10O5. The molecule has 2 aliphatic rings. The zero-order chi connectivity index (χ0) is 43.7. The van der Waals surface area contributed by atoms with E-state index in [-0.39, 0.29) is 17.0 Å². The summed E-state index contributed by atoms with van der Waals surface area (Å²) >= 11 is 0. The third-order valence-electron chi connectivity index (χ3n) is 11.1. The van der Waals surface area contributed by atoms with E-state index in [1.54, 1.807) is 18.5 Å². The lowest BCUT2D eigenvalue weighted by molar-refractivity contribution is -0.134. The number of nitrogens with zero attached hydrogens (tertiary/aromatic N) is 6. The van der Waals surface area contributed by atoms with Gasteiger partial charge in [-0.25, -0.2) is 9.97 Å². The van der Waals surface area contributed by atoms with Crippen molar-refractivity contribution in [3.63, 3.8) is 0 Å². The van der Waals surface area contributed by atoms with E-state index in [0.29, 0.717) is 54.8 Å². The van der Waals surface area contributed by atoms with Gasteiger partial charge in [-0.3, -0.25) is 29.3 Å². The largest absolute Gasteiger partial charge is 0.379 e. The first-order valence-corrected chi connectivity index (χ1v) is 21.2. The van der Waals surface area contributed by atoms with E-state index >= 15 is 0 Å². The molecule has 64 heavy (non-hydrogen) atoms. The molecule has 1 amide bonds. The Kier molecular flexibility index (Phi) is 12.8. The Balaban J connectivity index is 0.000000162. The Labute approximate surface area is 367 Å². The SMILES string of the molecule is O=C(Cc1ccc(/C=C/c2cc(-c3cc4c(=O)[nH]cnc4[nH]3)ccn2)cc1)N1CCOCC1.O=c1[nH]cnc2[nH]c(-c3ccnc(/C=C/c4cccc(CN5CCOCC5)c4)c3)cc12. The Morgan fingerprint density at radius 1 is 0.594 bits per heavy atom. The van der Waals surface area contributed by atoms with Crippen LogP contribution in [-0.2, 0) is 27.2 Å². The predicted octanol–water partition coefficient (Wildman–Crippen LogP) is 6.20. The summed E-state index contributed by atoms with van der Waals surface area (Å²) in [6.45, 7) is 7.06. The molecule has 0 saturated carbocycles. The Morgan fingerprint density at radius 3 is 1.73 bits per heavy atom. The van der Waals surface area contributed by atoms with Crippen LogP contribution in [0.5, 0.6) is 0 Å². The van der Waals surface area contributed by atoms with Crippen LogP contribution in [0.25, 0.3) is 68.9 Å². The summed E-state index contributed by atoms with van der Waals surface area (Å²) in [4.78, 5) is 69.4. The van der Waals surface area contributed by atoms with Crippen molar-refractivity contribution in [2.24, 2.45) is 0 Å². The van der Waals surface area contributed by atoms with Crippen LogP contribution in [0, 0.1) is 0 Å². The molecule has 0 radical (unpaired) electrons. The average molecular weight is 855 g/mol. The van der Waals surface area contributed by atoms with Crippen LogP contribution in [0.1, 0.15) is 33.6 Å². The summed E-state index contributed by atoms with van der Waals surface area (Å²) in [5.74, 6) is 0.136. The monoisotopic (exact) mass is 854 g/mol. The van der Waals surface area contributed by atoms with Crippen molar-refractivity contribution in [2.75, 3.05) is 52.6 Å². The molecule has 0 bridgehead atoms. The van der Waals surface area contributed by atoms with Gasteiger partial charge in [0, 0.05) is 67.6 Å². The van der Waals surface area contributed by atoms with E-state index in [0.717, 1.165) is 83.4 Å². The number of benzene rings is 2. The zero-order valence-electron chi connectivity index (χ0n) is 35.0. The lowest BCUT2D eigenvalue weighted by Crippen LogP contribution is -2.41. The fourth-order valence-electron chi connectivity index (χ4n) is 7.65. The number of rotatable bonds is 10. The van der Waals surface area contributed by atoms with E-state index in [1.807, 2.05) is 77.7 Å². The normalized spacial score (nSPS) is 14.7. The lowest BCUT2D eigenvalue weighted by Gasteiger charge is -2.26. The molecule has 0 atom stereocenters. The van der Waals surface area contributed by atoms with Crippen molar-refractivity contribution in [1.29, 1.82) is 0 Å². The number of fused-ring (bicyclic) bond motifs is 2. The Bertz CT molecular complexity index is 3060. The quantitative estimate of drug-likeness (QED) is 0.123. The van der Waals surface area contributed by atoms with Gasteiger partial charge in [0.2, 0.25) is 5.91 Å². The number of aromatic nitrogens is 8. The van der Waals surface area contributed by atoms with Gasteiger partial charge in [0.1, 0.15) is 11.3 Å². The summed E-state index contributed by atoms with van der Waals surface area (Å²) in [5, 5.41) is 1.07. The van der Waals surface area contributed by atoms with Crippen molar-refractivity contribution in [1.82, 2.24) is 49.7 Å². The van der Waals surface area contributed by atoms with Crippen LogP contribution in [0.2, 0.25) is 0 Å². The molecule has 8 aromatic rings. The van der Waals surface area contributed by atoms with E-state index in [1.165, 1.54) is 18.2 Å². The molecule has 15 heteroatoms. The van der Waals surface area contributed by atoms with Crippen LogP contribution in [-0.4, -0.2) is 108 Å². The van der Waals surface area contributed by atoms with Crippen molar-refractivity contribution in [2.45, 2.75) is 13.0 Å². The van der Waals surface area contributed by atoms with Gasteiger partial charge in [-0.05, 0) is 70.8 Å². The van der Waals surface area contributed by atoms with Gasteiger partial charge in [-0.15, -0.1) is 0 Å². The second kappa shape index (κ2) is 19.6. The number of hydrogen-bond acceptors (Lipinski definition) is 10. The van der Waals surface area contributed by atoms with Crippen LogP contribution in [0.15, 0.2) is 120 Å². The van der Waals surface area contributed by atoms with Crippen LogP contribution >= 0.6 is 0 Å². The highest BCUT2D eigenvalue weighted by Crippen LogP contribution is 2.24. The first-order chi connectivity index (χ1) is 31.4. The predicted molar refractivity (Wildman–Crippen MR) is 248 cm³/mol. The highest BCUT2D eigenvalue weighted by molar-refractivity contribution is 5.84. The van der Waals surface area contributed by atoms with Gasteiger partial charge >= 0.3 is 0 Å². The molecule has 2 aliphatic heterocycles. The average Bonchev–Trinajstić information content (AvgIpc) is 3.99. The smallest absolute Gasteiger partial charge is 0.260 e. The summed E-state index contributed by atoms with van der Waals surface area (Å²) in [6.07, 6.45) is 14.7. The second-order valence-corrected chi connectivity index (χ2v) is 15.5. The van der Waals surface area contributed by atoms with Crippen molar-refractivity contribution >= 4 is 52.3 Å². The van der Waals surface area contributed by atoms with Crippen LogP contribution in [0.3, 0.4) is 0 Å². The number of H-pyrrole nitrogens is 4. The number of ether oxygens (including phenoxy) is 2. The molecule has 10 rings (SSSR count). The third kappa shape index (κ3) is 10.4. The number of morpholine rings is 2. The number of carbonyl (C=O) groups excluding carboxylic acids is 1. The highest BCUT2D eigenvalue weighted by Gasteiger charge is 2.17. The molecule has 8 heterocycles. The molecule has 2 fully saturated rings. The molecular weight excluding hydrogens is 809 g/mol. The van der Waals surface area contributed by atoms with E-state index < -0.39 is 0 Å². The molecule has 4 N–H and O–H groups in total. The molecule has 15 nitrogen and oxygen atoms in total. The number of pyridine rings is 2. The van der Waals surface area contributed by atoms with E-state index in [2.05, 4.69) is 75.1 Å². The summed E-state index contributed by atoms with van der Waals surface area (Å²) in [5.41, 5.74) is 10.4. The van der Waals surface area contributed by atoms with Gasteiger partial charge in [0.25, 0.3) is 11.1 Å². The second-order valence-electron chi connectivity index (χ2n) is 15.5. The number of amides is 1. The van der Waals surface area contributed by atoms with Crippen molar-refractivity contribution in [3.05, 3.63) is 164 Å². The minimum Gasteiger partial charge on any atom is -0.379 e. The maximum Gasteiger partial charge on any atom is 0.260 e. The van der Waals surface area contributed by atoms with Gasteiger partial charge in [0.05, 0.1) is 67.7 Å². The minimum absolute atomic E-state index is 0.136. The highest BCUT2D eigenvalue weighted by atomic mass is 16.5. The van der Waals surface area contributed by atoms with E-state index in [4.69, 9.17) is 9.47 Å². The maximum absolute atomic E-state index is 12.4. The molecule has 0 spiro atoms. The summed E-state index contributed by atoms with van der Waals surface area (Å²) in [6, 6.07) is 27.9. The summed E-state index contributed by atoms with van der Waals surface area (Å²) in [7, 11) is 0. The van der Waals surface area contributed by atoms with Gasteiger partial charge in [-0.2, -0.15) is 0 Å². The Morgan fingerprint density at radius 2 is 1.16 bits per heavy atom. The minimum atomic E-state index is -0.174. The van der Waals surface area contributed by atoms with Crippen LogP contribution < -0.4 is 11.1 Å². The van der Waals surface area contributed by atoms with E-state index in [9.17, 15) is 14.4 Å². The fraction of sp³-hybridized carbons (Fsp3) is 0.204. The molecule has 2 saturated heterocycles. The molecule has 0 unspecified atom stereocenters. The zero-order valence-corrected chi connectivity index (χ0v) is 35.0. The third-order valence-corrected chi connectivity index (χ3v) is 11.1. The molecule has 0 aliphatic carbocycles. The number of hydrogen-bond donors (Lipinski definition) is 4. The Hall–Kier alpha value is -7.59. The van der Waals surface area contributed by atoms with Gasteiger partial charge < -0.3 is 34.3 Å². The number of nitrogens with one attached hydrogen (secondary N) is 4. The molecule has 322 valence electrons. The van der Waals surface area contributed by atoms with Crippen LogP contribution in [0.4, 0.5) is 0 Å². The number of carbonyl (C=O) groups is 1.